The second kappa shape index (κ2) is 9.23. The molecule has 1 aliphatic rings. The van der Waals surface area contributed by atoms with Gasteiger partial charge in [0.2, 0.25) is 6.79 Å². The highest BCUT2D eigenvalue weighted by Crippen LogP contribution is 2.32. The second-order valence-corrected chi connectivity index (χ2v) is 6.30. The highest BCUT2D eigenvalue weighted by Gasteiger charge is 2.16. The third kappa shape index (κ3) is 4.61. The predicted molar refractivity (Wildman–Crippen MR) is 107 cm³/mol. The van der Waals surface area contributed by atoms with Crippen LogP contribution in [0.5, 0.6) is 17.2 Å². The van der Waals surface area contributed by atoms with Gasteiger partial charge in [0, 0.05) is 17.7 Å². The highest BCUT2D eigenvalue weighted by atomic mass is 16.7. The first-order chi connectivity index (χ1) is 13.6. The van der Waals surface area contributed by atoms with Gasteiger partial charge in [-0.25, -0.2) is 5.43 Å². The summed E-state index contributed by atoms with van der Waals surface area (Å²) in [6.07, 6.45) is 1.62. The molecule has 0 saturated heterocycles. The fourth-order valence-corrected chi connectivity index (χ4v) is 2.96. The number of amides is 1. The molecule has 7 heteroatoms. The van der Waals surface area contributed by atoms with Gasteiger partial charge in [0.1, 0.15) is 5.75 Å². The van der Waals surface area contributed by atoms with Gasteiger partial charge >= 0.3 is 0 Å². The zero-order valence-corrected chi connectivity index (χ0v) is 16.4. The van der Waals surface area contributed by atoms with Crippen molar-refractivity contribution >= 4 is 12.1 Å². The van der Waals surface area contributed by atoms with Crippen LogP contribution in [0.1, 0.15) is 35.3 Å². The number of carbonyl (C=O) groups excluding carboxylic acids is 1. The Morgan fingerprint density at radius 3 is 2.71 bits per heavy atom. The molecule has 1 heterocycles. The standard InChI is InChI=1S/C21H25N3O4/c1-4-24(5-2)13-17-10-15(6-8-18(17)26-3)12-22-23-21(25)16-7-9-19-20(11-16)28-14-27-19/h6-12H,4-5,13-14H2,1-3H3,(H,23,25)/b22-12+. The lowest BCUT2D eigenvalue weighted by Gasteiger charge is -2.19. The van der Waals surface area contributed by atoms with Crippen molar-refractivity contribution in [3.63, 3.8) is 0 Å². The number of ether oxygens (including phenoxy) is 3. The van der Waals surface area contributed by atoms with Crippen molar-refractivity contribution in [1.29, 1.82) is 0 Å². The molecule has 0 saturated carbocycles. The van der Waals surface area contributed by atoms with Crippen LogP contribution in [0.3, 0.4) is 0 Å². The van der Waals surface area contributed by atoms with Gasteiger partial charge in [-0.3, -0.25) is 9.69 Å². The van der Waals surface area contributed by atoms with Crippen LogP contribution in [0.2, 0.25) is 0 Å². The Morgan fingerprint density at radius 2 is 1.96 bits per heavy atom. The lowest BCUT2D eigenvalue weighted by atomic mass is 10.1. The van der Waals surface area contributed by atoms with Gasteiger partial charge in [-0.15, -0.1) is 0 Å². The van der Waals surface area contributed by atoms with Crippen LogP contribution in [0.4, 0.5) is 0 Å². The van der Waals surface area contributed by atoms with E-state index in [9.17, 15) is 4.79 Å². The summed E-state index contributed by atoms with van der Waals surface area (Å²) in [5.74, 6) is 1.73. The van der Waals surface area contributed by atoms with E-state index in [1.165, 1.54) is 0 Å². The van der Waals surface area contributed by atoms with Gasteiger partial charge in [0.05, 0.1) is 13.3 Å². The zero-order chi connectivity index (χ0) is 19.9. The number of hydrogen-bond donors (Lipinski definition) is 1. The maximum Gasteiger partial charge on any atom is 0.271 e. The van der Waals surface area contributed by atoms with E-state index in [-0.39, 0.29) is 12.7 Å². The molecule has 1 amide bonds. The number of hydrazone groups is 1. The summed E-state index contributed by atoms with van der Waals surface area (Å²) < 4.78 is 16.0. The second-order valence-electron chi connectivity index (χ2n) is 6.30. The molecule has 0 unspecified atom stereocenters. The molecule has 0 radical (unpaired) electrons. The number of fused-ring (bicyclic) bond motifs is 1. The Morgan fingerprint density at radius 1 is 1.18 bits per heavy atom. The number of benzene rings is 2. The number of hydrogen-bond acceptors (Lipinski definition) is 6. The summed E-state index contributed by atoms with van der Waals surface area (Å²) in [4.78, 5) is 14.6. The largest absolute Gasteiger partial charge is 0.496 e. The molecular formula is C21H25N3O4. The normalized spacial score (nSPS) is 12.6. The average Bonchev–Trinajstić information content (AvgIpc) is 3.20. The van der Waals surface area contributed by atoms with E-state index in [4.69, 9.17) is 14.2 Å². The molecule has 148 valence electrons. The van der Waals surface area contributed by atoms with Crippen molar-refractivity contribution in [2.75, 3.05) is 27.0 Å². The molecule has 1 N–H and O–H groups in total. The number of rotatable bonds is 8. The van der Waals surface area contributed by atoms with Gasteiger partial charge in [0.15, 0.2) is 11.5 Å². The Balaban J connectivity index is 1.67. The van der Waals surface area contributed by atoms with Gasteiger partial charge in [-0.1, -0.05) is 13.8 Å². The van der Waals surface area contributed by atoms with E-state index in [1.807, 2.05) is 18.2 Å². The SMILES string of the molecule is CCN(CC)Cc1cc(/C=N/NC(=O)c2ccc3c(c2)OCO3)ccc1OC. The smallest absolute Gasteiger partial charge is 0.271 e. The minimum atomic E-state index is -0.313. The number of nitrogens with one attached hydrogen (secondary N) is 1. The number of carbonyl (C=O) groups is 1. The summed E-state index contributed by atoms with van der Waals surface area (Å²) in [5.41, 5.74) is 4.96. The fourth-order valence-electron chi connectivity index (χ4n) is 2.96. The summed E-state index contributed by atoms with van der Waals surface area (Å²) in [7, 11) is 1.67. The van der Waals surface area contributed by atoms with Crippen molar-refractivity contribution in [2.45, 2.75) is 20.4 Å². The molecular weight excluding hydrogens is 358 g/mol. The monoisotopic (exact) mass is 383 g/mol. The third-order valence-corrected chi connectivity index (χ3v) is 4.61. The Bertz CT molecular complexity index is 863. The average molecular weight is 383 g/mol. The van der Waals surface area contributed by atoms with E-state index < -0.39 is 0 Å². The summed E-state index contributed by atoms with van der Waals surface area (Å²) in [6.45, 7) is 7.15. The topological polar surface area (TPSA) is 72.4 Å². The van der Waals surface area contributed by atoms with Gasteiger partial charge < -0.3 is 14.2 Å². The molecule has 2 aromatic carbocycles. The van der Waals surface area contributed by atoms with Crippen LogP contribution < -0.4 is 19.6 Å². The molecule has 0 atom stereocenters. The molecule has 0 fully saturated rings. The van der Waals surface area contributed by atoms with E-state index in [2.05, 4.69) is 29.3 Å². The first kappa shape index (κ1) is 19.7. The Hall–Kier alpha value is -3.06. The fraction of sp³-hybridized carbons (Fsp3) is 0.333. The van der Waals surface area contributed by atoms with Crippen LogP contribution >= 0.6 is 0 Å². The molecule has 28 heavy (non-hydrogen) atoms. The molecule has 0 bridgehead atoms. The van der Waals surface area contributed by atoms with E-state index in [0.717, 1.165) is 36.5 Å². The van der Waals surface area contributed by atoms with Gasteiger partial charge in [-0.05, 0) is 55.1 Å². The van der Waals surface area contributed by atoms with E-state index >= 15 is 0 Å². The Labute approximate surface area is 164 Å². The van der Waals surface area contributed by atoms with Crippen LogP contribution in [-0.4, -0.2) is 44.0 Å². The highest BCUT2D eigenvalue weighted by molar-refractivity contribution is 5.95. The number of methoxy groups -OCH3 is 1. The van der Waals surface area contributed by atoms with Gasteiger partial charge in [0.25, 0.3) is 5.91 Å². The van der Waals surface area contributed by atoms with Crippen LogP contribution in [0, 0.1) is 0 Å². The molecule has 0 spiro atoms. The number of nitrogens with zero attached hydrogens (tertiary/aromatic N) is 2. The first-order valence-electron chi connectivity index (χ1n) is 9.27. The van der Waals surface area contributed by atoms with Crippen molar-refractivity contribution in [3.8, 4) is 17.2 Å². The van der Waals surface area contributed by atoms with Crippen molar-refractivity contribution < 1.29 is 19.0 Å². The molecule has 0 aliphatic carbocycles. The molecule has 0 aromatic heterocycles. The maximum atomic E-state index is 12.3. The Kier molecular flexibility index (Phi) is 6.49. The van der Waals surface area contributed by atoms with Crippen molar-refractivity contribution in [3.05, 3.63) is 53.1 Å². The molecule has 7 nitrogen and oxygen atoms in total. The lowest BCUT2D eigenvalue weighted by Crippen LogP contribution is -2.22. The molecule has 1 aliphatic heterocycles. The summed E-state index contributed by atoms with van der Waals surface area (Å²) in [5, 5.41) is 4.08. The predicted octanol–water partition coefficient (Wildman–Crippen LogP) is 3.03. The van der Waals surface area contributed by atoms with Crippen LogP contribution in [-0.2, 0) is 6.54 Å². The third-order valence-electron chi connectivity index (χ3n) is 4.61. The minimum absolute atomic E-state index is 0.172. The van der Waals surface area contributed by atoms with Crippen molar-refractivity contribution in [1.82, 2.24) is 10.3 Å². The quantitative estimate of drug-likeness (QED) is 0.560. The summed E-state index contributed by atoms with van der Waals surface area (Å²) in [6, 6.07) is 10.9. The van der Waals surface area contributed by atoms with Gasteiger partial charge in [-0.2, -0.15) is 5.10 Å². The minimum Gasteiger partial charge on any atom is -0.496 e. The van der Waals surface area contributed by atoms with Crippen LogP contribution in [0.25, 0.3) is 0 Å². The lowest BCUT2D eigenvalue weighted by molar-refractivity contribution is 0.0954. The zero-order valence-electron chi connectivity index (χ0n) is 16.4. The molecule has 2 aromatic rings. The maximum absolute atomic E-state index is 12.3. The van der Waals surface area contributed by atoms with Crippen molar-refractivity contribution in [2.24, 2.45) is 5.10 Å². The van der Waals surface area contributed by atoms with E-state index in [1.54, 1.807) is 31.5 Å². The first-order valence-corrected chi connectivity index (χ1v) is 9.27. The van der Waals surface area contributed by atoms with Crippen LogP contribution in [0.15, 0.2) is 41.5 Å². The van der Waals surface area contributed by atoms with E-state index in [0.29, 0.717) is 17.1 Å². The summed E-state index contributed by atoms with van der Waals surface area (Å²) >= 11 is 0. The molecule has 3 rings (SSSR count).